The summed E-state index contributed by atoms with van der Waals surface area (Å²) in [7, 11) is 3.67. The van der Waals surface area contributed by atoms with Gasteiger partial charge in [-0.05, 0) is 39.0 Å². The molecule has 0 aliphatic heterocycles. The standard InChI is InChI=1S/C20H23N7O/c1-11-18(13(3)26(4)24-11)16-10-17(27(5)25-16)20(28)21-12(2)19-22-14-8-6-7-9-15(14)23-19/h6-10,12H,1-5H3,(H,21,28)(H,22,23)/t12-/m0/s1. The first-order valence-corrected chi connectivity index (χ1v) is 9.15. The molecule has 0 bridgehead atoms. The molecular formula is C20H23N7O. The fourth-order valence-corrected chi connectivity index (χ4v) is 3.46. The number of benzene rings is 1. The number of hydrogen-bond donors (Lipinski definition) is 2. The van der Waals surface area contributed by atoms with E-state index in [1.165, 1.54) is 0 Å². The van der Waals surface area contributed by atoms with Gasteiger partial charge in [-0.1, -0.05) is 12.1 Å². The van der Waals surface area contributed by atoms with Crippen molar-refractivity contribution in [2.75, 3.05) is 0 Å². The molecule has 4 rings (SSSR count). The van der Waals surface area contributed by atoms with Crippen LogP contribution in [0, 0.1) is 13.8 Å². The lowest BCUT2D eigenvalue weighted by Crippen LogP contribution is -2.29. The van der Waals surface area contributed by atoms with Gasteiger partial charge in [0.15, 0.2) is 0 Å². The zero-order valence-electron chi connectivity index (χ0n) is 16.6. The van der Waals surface area contributed by atoms with Crippen LogP contribution in [0.1, 0.15) is 40.7 Å². The molecule has 1 amide bonds. The molecule has 3 heterocycles. The summed E-state index contributed by atoms with van der Waals surface area (Å²) in [5.74, 6) is 0.518. The number of nitrogens with one attached hydrogen (secondary N) is 2. The number of aromatic nitrogens is 6. The average Bonchev–Trinajstić information content (AvgIpc) is 3.31. The molecule has 3 aromatic heterocycles. The summed E-state index contributed by atoms with van der Waals surface area (Å²) >= 11 is 0. The van der Waals surface area contributed by atoms with Crippen molar-refractivity contribution in [3.63, 3.8) is 0 Å². The van der Waals surface area contributed by atoms with E-state index in [0.29, 0.717) is 5.69 Å². The molecule has 0 spiro atoms. The molecule has 28 heavy (non-hydrogen) atoms. The predicted molar refractivity (Wildman–Crippen MR) is 107 cm³/mol. The van der Waals surface area contributed by atoms with Crippen LogP contribution in [0.15, 0.2) is 30.3 Å². The van der Waals surface area contributed by atoms with Gasteiger partial charge in [0.2, 0.25) is 0 Å². The summed E-state index contributed by atoms with van der Waals surface area (Å²) in [6.07, 6.45) is 0. The first kappa shape index (κ1) is 18.0. The third-order valence-corrected chi connectivity index (χ3v) is 5.04. The van der Waals surface area contributed by atoms with Crippen LogP contribution in [0.3, 0.4) is 0 Å². The maximum Gasteiger partial charge on any atom is 0.270 e. The summed E-state index contributed by atoms with van der Waals surface area (Å²) < 4.78 is 3.42. The van der Waals surface area contributed by atoms with E-state index in [0.717, 1.165) is 39.5 Å². The Morgan fingerprint density at radius 3 is 2.57 bits per heavy atom. The van der Waals surface area contributed by atoms with E-state index in [1.807, 2.05) is 56.8 Å². The smallest absolute Gasteiger partial charge is 0.270 e. The number of rotatable bonds is 4. The number of carbonyl (C=O) groups excluding carboxylic acids is 1. The third-order valence-electron chi connectivity index (χ3n) is 5.04. The number of carbonyl (C=O) groups is 1. The highest BCUT2D eigenvalue weighted by Crippen LogP contribution is 2.26. The van der Waals surface area contributed by atoms with Crippen molar-refractivity contribution >= 4 is 16.9 Å². The molecule has 4 aromatic rings. The topological polar surface area (TPSA) is 93.4 Å². The highest BCUT2D eigenvalue weighted by atomic mass is 16.2. The summed E-state index contributed by atoms with van der Waals surface area (Å²) in [6, 6.07) is 9.34. The van der Waals surface area contributed by atoms with Crippen LogP contribution in [-0.2, 0) is 14.1 Å². The second-order valence-corrected chi connectivity index (χ2v) is 7.04. The van der Waals surface area contributed by atoms with Gasteiger partial charge in [0.1, 0.15) is 11.5 Å². The molecule has 0 aliphatic carbocycles. The van der Waals surface area contributed by atoms with Crippen molar-refractivity contribution in [2.45, 2.75) is 26.8 Å². The Hall–Kier alpha value is -3.42. The van der Waals surface area contributed by atoms with Gasteiger partial charge in [0, 0.05) is 25.4 Å². The van der Waals surface area contributed by atoms with Crippen molar-refractivity contribution < 1.29 is 4.79 Å². The largest absolute Gasteiger partial charge is 0.341 e. The minimum Gasteiger partial charge on any atom is -0.341 e. The molecule has 0 unspecified atom stereocenters. The van der Waals surface area contributed by atoms with Crippen molar-refractivity contribution in [1.29, 1.82) is 0 Å². The van der Waals surface area contributed by atoms with E-state index in [1.54, 1.807) is 17.8 Å². The van der Waals surface area contributed by atoms with Crippen molar-refractivity contribution in [2.24, 2.45) is 14.1 Å². The Bertz CT molecular complexity index is 1150. The lowest BCUT2D eigenvalue weighted by atomic mass is 10.1. The highest BCUT2D eigenvalue weighted by molar-refractivity contribution is 5.94. The van der Waals surface area contributed by atoms with Gasteiger partial charge in [-0.25, -0.2) is 4.98 Å². The summed E-state index contributed by atoms with van der Waals surface area (Å²) in [5.41, 5.74) is 5.92. The summed E-state index contributed by atoms with van der Waals surface area (Å²) in [6.45, 7) is 5.84. The van der Waals surface area contributed by atoms with Crippen LogP contribution in [0.5, 0.6) is 0 Å². The summed E-state index contributed by atoms with van der Waals surface area (Å²) in [5, 5.41) is 12.0. The van der Waals surface area contributed by atoms with E-state index in [9.17, 15) is 4.79 Å². The third kappa shape index (κ3) is 2.96. The molecule has 8 nitrogen and oxygen atoms in total. The van der Waals surface area contributed by atoms with Crippen molar-refractivity contribution in [3.05, 3.63) is 53.2 Å². The van der Waals surface area contributed by atoms with Crippen LogP contribution in [-0.4, -0.2) is 35.4 Å². The molecule has 0 fully saturated rings. The lowest BCUT2D eigenvalue weighted by Gasteiger charge is -2.11. The first-order valence-electron chi connectivity index (χ1n) is 9.15. The molecule has 1 aromatic carbocycles. The van der Waals surface area contributed by atoms with Crippen LogP contribution in [0.2, 0.25) is 0 Å². The van der Waals surface area contributed by atoms with Gasteiger partial charge in [0.05, 0.1) is 28.5 Å². The molecular weight excluding hydrogens is 354 g/mol. The van der Waals surface area contributed by atoms with E-state index >= 15 is 0 Å². The van der Waals surface area contributed by atoms with Crippen molar-refractivity contribution in [1.82, 2.24) is 34.8 Å². The zero-order chi connectivity index (χ0) is 20.0. The fraction of sp³-hybridized carbons (Fsp3) is 0.300. The zero-order valence-corrected chi connectivity index (χ0v) is 16.6. The monoisotopic (exact) mass is 377 g/mol. The molecule has 0 saturated carbocycles. The minimum atomic E-state index is -0.264. The molecule has 0 radical (unpaired) electrons. The maximum absolute atomic E-state index is 12.8. The molecule has 0 aliphatic rings. The van der Waals surface area contributed by atoms with E-state index < -0.39 is 0 Å². The predicted octanol–water partition coefficient (Wildman–Crippen LogP) is 2.80. The minimum absolute atomic E-state index is 0.201. The Kier molecular flexibility index (Phi) is 4.26. The number of imidazole rings is 1. The molecule has 2 N–H and O–H groups in total. The number of para-hydroxylation sites is 2. The highest BCUT2D eigenvalue weighted by Gasteiger charge is 2.21. The van der Waals surface area contributed by atoms with Crippen molar-refractivity contribution in [3.8, 4) is 11.3 Å². The van der Waals surface area contributed by atoms with Gasteiger partial charge < -0.3 is 10.3 Å². The summed E-state index contributed by atoms with van der Waals surface area (Å²) in [4.78, 5) is 20.7. The molecule has 1 atom stereocenters. The Balaban J connectivity index is 1.59. The first-order chi connectivity index (χ1) is 13.3. The van der Waals surface area contributed by atoms with Gasteiger partial charge >= 0.3 is 0 Å². The Morgan fingerprint density at radius 2 is 1.89 bits per heavy atom. The number of aromatic amines is 1. The second kappa shape index (κ2) is 6.63. The van der Waals surface area contributed by atoms with Gasteiger partial charge in [-0.2, -0.15) is 10.2 Å². The van der Waals surface area contributed by atoms with Crippen LogP contribution < -0.4 is 5.32 Å². The quantitative estimate of drug-likeness (QED) is 0.572. The van der Waals surface area contributed by atoms with Crippen LogP contribution in [0.4, 0.5) is 0 Å². The molecule has 8 heteroatoms. The Labute approximate surface area is 162 Å². The Morgan fingerprint density at radius 1 is 1.14 bits per heavy atom. The second-order valence-electron chi connectivity index (χ2n) is 7.04. The number of amides is 1. The number of nitrogens with zero attached hydrogens (tertiary/aromatic N) is 5. The van der Waals surface area contributed by atoms with E-state index in [-0.39, 0.29) is 11.9 Å². The van der Waals surface area contributed by atoms with Gasteiger partial charge in [-0.15, -0.1) is 0 Å². The number of fused-ring (bicyclic) bond motifs is 1. The lowest BCUT2D eigenvalue weighted by molar-refractivity contribution is 0.0929. The van der Waals surface area contributed by atoms with Crippen LogP contribution >= 0.6 is 0 Å². The number of hydrogen-bond acceptors (Lipinski definition) is 4. The molecule has 144 valence electrons. The van der Waals surface area contributed by atoms with Gasteiger partial charge in [0.25, 0.3) is 5.91 Å². The average molecular weight is 377 g/mol. The van der Waals surface area contributed by atoms with E-state index in [4.69, 9.17) is 0 Å². The SMILES string of the molecule is Cc1nn(C)c(C)c1-c1cc(C(=O)N[C@@H](C)c2nc3ccccc3[nH]2)n(C)n1. The van der Waals surface area contributed by atoms with Gasteiger partial charge in [-0.3, -0.25) is 14.2 Å². The normalized spacial score (nSPS) is 12.5. The number of H-pyrrole nitrogens is 1. The maximum atomic E-state index is 12.8. The van der Waals surface area contributed by atoms with Crippen LogP contribution in [0.25, 0.3) is 22.3 Å². The fourth-order valence-electron chi connectivity index (χ4n) is 3.46. The van der Waals surface area contributed by atoms with E-state index in [2.05, 4.69) is 25.5 Å². The molecule has 0 saturated heterocycles. The number of aryl methyl sites for hydroxylation is 3.